The van der Waals surface area contributed by atoms with E-state index in [-0.39, 0.29) is 18.7 Å². The van der Waals surface area contributed by atoms with Crippen LogP contribution in [0.15, 0.2) is 85.2 Å². The fourth-order valence-corrected chi connectivity index (χ4v) is 5.27. The number of carbonyl (C=O) groups is 1. The van der Waals surface area contributed by atoms with Crippen LogP contribution in [0.3, 0.4) is 0 Å². The van der Waals surface area contributed by atoms with Crippen molar-refractivity contribution in [1.82, 2.24) is 15.3 Å². The minimum atomic E-state index is -0.656. The summed E-state index contributed by atoms with van der Waals surface area (Å²) in [7, 11) is 0. The second-order valence-electron chi connectivity index (χ2n) is 10.9. The normalized spacial score (nSPS) is 12.2. The van der Waals surface area contributed by atoms with Gasteiger partial charge in [0, 0.05) is 34.9 Å². The minimum absolute atomic E-state index is 0.156. The van der Waals surface area contributed by atoms with Crippen molar-refractivity contribution < 1.29 is 13.6 Å². The highest BCUT2D eigenvalue weighted by atomic mass is 19.1. The van der Waals surface area contributed by atoms with E-state index < -0.39 is 17.7 Å². The summed E-state index contributed by atoms with van der Waals surface area (Å²) in [6, 6.07) is 21.1. The van der Waals surface area contributed by atoms with Gasteiger partial charge in [-0.25, -0.2) is 8.78 Å². The van der Waals surface area contributed by atoms with Crippen molar-refractivity contribution >= 4 is 16.8 Å². The lowest BCUT2D eigenvalue weighted by Gasteiger charge is -2.22. The maximum absolute atomic E-state index is 14.1. The predicted molar refractivity (Wildman–Crippen MR) is 156 cm³/mol. The van der Waals surface area contributed by atoms with Crippen LogP contribution in [-0.4, -0.2) is 15.9 Å². The molecule has 40 heavy (non-hydrogen) atoms. The number of nitrogens with zero attached hydrogens (tertiary/aromatic N) is 1. The number of halogens is 2. The molecule has 0 aliphatic heterocycles. The molecule has 3 aromatic carbocycles. The lowest BCUT2D eigenvalue weighted by atomic mass is 9.94. The number of aryl methyl sites for hydroxylation is 1. The van der Waals surface area contributed by atoms with Crippen LogP contribution in [0.2, 0.25) is 0 Å². The van der Waals surface area contributed by atoms with E-state index in [1.807, 2.05) is 37.4 Å². The molecule has 0 bridgehead atoms. The molecule has 0 unspecified atom stereocenters. The Morgan fingerprint density at radius 1 is 0.925 bits per heavy atom. The monoisotopic (exact) mass is 537 g/mol. The van der Waals surface area contributed by atoms with E-state index in [1.165, 1.54) is 17.7 Å². The number of nitrogens with one attached hydrogen (secondary N) is 2. The number of amides is 1. The molecule has 0 saturated heterocycles. The largest absolute Gasteiger partial charge is 0.361 e. The number of aromatic amines is 1. The summed E-state index contributed by atoms with van der Waals surface area (Å²) >= 11 is 0. The van der Waals surface area contributed by atoms with Crippen LogP contribution in [0.4, 0.5) is 8.78 Å². The van der Waals surface area contributed by atoms with Gasteiger partial charge in [-0.2, -0.15) is 0 Å². The van der Waals surface area contributed by atoms with Crippen molar-refractivity contribution in [3.05, 3.63) is 125 Å². The molecule has 204 valence electrons. The zero-order valence-electron chi connectivity index (χ0n) is 23.0. The highest BCUT2D eigenvalue weighted by molar-refractivity contribution is 5.89. The van der Waals surface area contributed by atoms with Crippen molar-refractivity contribution in [3.8, 4) is 11.1 Å². The topological polar surface area (TPSA) is 57.8 Å². The van der Waals surface area contributed by atoms with Gasteiger partial charge in [0.2, 0.25) is 5.91 Å². The Hall–Kier alpha value is -4.32. The van der Waals surface area contributed by atoms with E-state index in [4.69, 9.17) is 0 Å². The van der Waals surface area contributed by atoms with Crippen LogP contribution >= 0.6 is 0 Å². The maximum Gasteiger partial charge on any atom is 0.225 e. The zero-order valence-corrected chi connectivity index (χ0v) is 23.0. The summed E-state index contributed by atoms with van der Waals surface area (Å²) in [4.78, 5) is 21.3. The Morgan fingerprint density at radius 3 is 2.40 bits per heavy atom. The Kier molecular flexibility index (Phi) is 8.06. The molecule has 1 atom stereocenters. The van der Waals surface area contributed by atoms with Gasteiger partial charge < -0.3 is 10.3 Å². The average Bonchev–Trinajstić information content (AvgIpc) is 3.29. The van der Waals surface area contributed by atoms with Crippen LogP contribution in [0.1, 0.15) is 47.8 Å². The first kappa shape index (κ1) is 27.3. The van der Waals surface area contributed by atoms with Gasteiger partial charge in [0.25, 0.3) is 0 Å². The average molecular weight is 538 g/mol. The SMILES string of the molecule is Cc1ccc2[nH]cc(CC(=O)N[C@@H](Cc3cc(F)cc(F)c3)c3ncccc3-c3ccc(CC(C)C)cc3)c2c1. The lowest BCUT2D eigenvalue weighted by Crippen LogP contribution is -2.32. The molecule has 2 N–H and O–H groups in total. The van der Waals surface area contributed by atoms with Crippen LogP contribution in [0.25, 0.3) is 22.0 Å². The van der Waals surface area contributed by atoms with Crippen molar-refractivity contribution in [1.29, 1.82) is 0 Å². The molecule has 4 nitrogen and oxygen atoms in total. The molecule has 5 aromatic rings. The highest BCUT2D eigenvalue weighted by Gasteiger charge is 2.22. The standard InChI is InChI=1S/C34H33F2N3O/c1-21(2)13-23-7-9-25(10-8-23)29-5-4-12-37-34(29)32(17-24-15-27(35)19-28(36)16-24)39-33(40)18-26-20-38-31-11-6-22(3)14-30(26)31/h4-12,14-16,19-21,32,38H,13,17-18H2,1-3H3,(H,39,40)/t32-/m0/s1. The molecule has 1 amide bonds. The highest BCUT2D eigenvalue weighted by Crippen LogP contribution is 2.30. The van der Waals surface area contributed by atoms with Gasteiger partial charge in [-0.05, 0) is 78.3 Å². The van der Waals surface area contributed by atoms with Crippen molar-refractivity contribution in [2.45, 2.75) is 46.1 Å². The van der Waals surface area contributed by atoms with E-state index in [9.17, 15) is 13.6 Å². The maximum atomic E-state index is 14.1. The second kappa shape index (κ2) is 11.8. The molecule has 0 aliphatic rings. The van der Waals surface area contributed by atoms with Crippen molar-refractivity contribution in [2.75, 3.05) is 0 Å². The summed E-state index contributed by atoms with van der Waals surface area (Å²) in [6.45, 7) is 6.39. The predicted octanol–water partition coefficient (Wildman–Crippen LogP) is 7.66. The third-order valence-electron chi connectivity index (χ3n) is 7.05. The number of benzene rings is 3. The van der Waals surface area contributed by atoms with Gasteiger partial charge >= 0.3 is 0 Å². The lowest BCUT2D eigenvalue weighted by molar-refractivity contribution is -0.121. The fourth-order valence-electron chi connectivity index (χ4n) is 5.27. The summed E-state index contributed by atoms with van der Waals surface area (Å²) in [6.07, 6.45) is 4.86. The Bertz CT molecular complexity index is 1620. The van der Waals surface area contributed by atoms with Gasteiger partial charge in [-0.1, -0.05) is 55.8 Å². The first-order valence-corrected chi connectivity index (χ1v) is 13.6. The Balaban J connectivity index is 1.48. The molecule has 2 aromatic heterocycles. The molecule has 5 rings (SSSR count). The third kappa shape index (κ3) is 6.45. The number of hydrogen-bond donors (Lipinski definition) is 2. The van der Waals surface area contributed by atoms with E-state index in [0.29, 0.717) is 17.2 Å². The number of pyridine rings is 1. The van der Waals surface area contributed by atoms with Crippen LogP contribution in [0.5, 0.6) is 0 Å². The van der Waals surface area contributed by atoms with Gasteiger partial charge in [-0.15, -0.1) is 0 Å². The summed E-state index contributed by atoms with van der Waals surface area (Å²) in [5.41, 5.74) is 7.12. The summed E-state index contributed by atoms with van der Waals surface area (Å²) in [5, 5.41) is 4.12. The molecular weight excluding hydrogens is 504 g/mol. The molecule has 0 fully saturated rings. The van der Waals surface area contributed by atoms with Gasteiger partial charge in [0.15, 0.2) is 0 Å². The number of hydrogen-bond acceptors (Lipinski definition) is 2. The fraction of sp³-hybridized carbons (Fsp3) is 0.235. The number of carbonyl (C=O) groups excluding carboxylic acids is 1. The minimum Gasteiger partial charge on any atom is -0.361 e. The molecule has 6 heteroatoms. The van der Waals surface area contributed by atoms with Crippen LogP contribution in [0, 0.1) is 24.5 Å². The van der Waals surface area contributed by atoms with Crippen molar-refractivity contribution in [3.63, 3.8) is 0 Å². The van der Waals surface area contributed by atoms with E-state index in [1.54, 1.807) is 6.20 Å². The van der Waals surface area contributed by atoms with Gasteiger partial charge in [0.1, 0.15) is 11.6 Å². The van der Waals surface area contributed by atoms with Crippen molar-refractivity contribution in [2.24, 2.45) is 5.92 Å². The number of aromatic nitrogens is 2. The Morgan fingerprint density at radius 2 is 1.68 bits per heavy atom. The van der Waals surface area contributed by atoms with E-state index >= 15 is 0 Å². The number of fused-ring (bicyclic) bond motifs is 1. The van der Waals surface area contributed by atoms with Crippen LogP contribution in [-0.2, 0) is 24.1 Å². The zero-order chi connectivity index (χ0) is 28.2. The van der Waals surface area contributed by atoms with Gasteiger partial charge in [0.05, 0.1) is 18.2 Å². The first-order valence-electron chi connectivity index (χ1n) is 13.6. The van der Waals surface area contributed by atoms with E-state index in [0.717, 1.165) is 45.6 Å². The summed E-state index contributed by atoms with van der Waals surface area (Å²) in [5.74, 6) is -0.965. The second-order valence-corrected chi connectivity index (χ2v) is 10.9. The van der Waals surface area contributed by atoms with E-state index in [2.05, 4.69) is 59.5 Å². The first-order chi connectivity index (χ1) is 19.2. The number of H-pyrrole nitrogens is 1. The molecule has 2 heterocycles. The smallest absolute Gasteiger partial charge is 0.225 e. The van der Waals surface area contributed by atoms with Gasteiger partial charge in [-0.3, -0.25) is 9.78 Å². The molecule has 0 saturated carbocycles. The van der Waals surface area contributed by atoms with Crippen LogP contribution < -0.4 is 5.32 Å². The molecular formula is C34H33F2N3O. The third-order valence-corrected chi connectivity index (χ3v) is 7.05. The summed E-state index contributed by atoms with van der Waals surface area (Å²) < 4.78 is 28.2. The molecule has 0 radical (unpaired) electrons. The number of rotatable bonds is 9. The molecule has 0 aliphatic carbocycles. The quantitative estimate of drug-likeness (QED) is 0.203. The molecule has 0 spiro atoms. The Labute approximate surface area is 233 Å².